The van der Waals surface area contributed by atoms with Crippen molar-refractivity contribution in [2.45, 2.75) is 44.4 Å². The lowest BCUT2D eigenvalue weighted by atomic mass is 10.2. The maximum absolute atomic E-state index is 12.2. The van der Waals surface area contributed by atoms with Crippen molar-refractivity contribution in [2.75, 3.05) is 46.0 Å². The van der Waals surface area contributed by atoms with E-state index in [1.165, 1.54) is 0 Å². The van der Waals surface area contributed by atoms with Crippen molar-refractivity contribution >= 4 is 33.4 Å². The lowest BCUT2D eigenvalue weighted by Gasteiger charge is -2.20. The van der Waals surface area contributed by atoms with Crippen LogP contribution in [0.1, 0.15) is 44.5 Å². The number of likely N-dealkylation sites (N-methyl/N-ethyl adjacent to an activating group) is 1. The maximum atomic E-state index is 12.2. The molecule has 1 aromatic carbocycles. The first kappa shape index (κ1) is 29.3. The molecule has 0 spiro atoms. The smallest absolute Gasteiger partial charge is 0.251 e. The highest BCUT2D eigenvalue weighted by molar-refractivity contribution is 8.76. The molecule has 0 bridgehead atoms. The number of amides is 2. The Kier molecular flexibility index (Phi) is 16.6. The normalized spacial score (nSPS) is 11.5. The molecule has 0 heterocycles. The topological polar surface area (TPSA) is 88.7 Å². The second kappa shape index (κ2) is 18.7. The van der Waals surface area contributed by atoms with Gasteiger partial charge in [-0.05, 0) is 36.7 Å². The molecule has 184 valence electrons. The molecule has 1 aromatic rings. The summed E-state index contributed by atoms with van der Waals surface area (Å²) in [5, 5.41) is 8.76. The van der Waals surface area contributed by atoms with E-state index >= 15 is 0 Å². The van der Waals surface area contributed by atoms with Gasteiger partial charge in [0.2, 0.25) is 5.91 Å². The van der Waals surface area contributed by atoms with Gasteiger partial charge in [0.15, 0.2) is 0 Å². The summed E-state index contributed by atoms with van der Waals surface area (Å²) in [4.78, 5) is 24.8. The number of benzene rings is 1. The van der Waals surface area contributed by atoms with E-state index in [9.17, 15) is 9.59 Å². The molecule has 1 rings (SSSR count). The molecule has 3 N–H and O–H groups in total. The fourth-order valence-electron chi connectivity index (χ4n) is 2.41. The molecule has 1 atom stereocenters. The highest BCUT2D eigenvalue weighted by atomic mass is 33.1. The van der Waals surface area contributed by atoms with Gasteiger partial charge in [-0.2, -0.15) is 0 Å². The van der Waals surface area contributed by atoms with Gasteiger partial charge in [0.1, 0.15) is 12.0 Å². The predicted molar refractivity (Wildman–Crippen MR) is 137 cm³/mol. The summed E-state index contributed by atoms with van der Waals surface area (Å²) in [6.07, 6.45) is 0.775. The molecule has 0 radical (unpaired) electrons. The molecule has 0 aliphatic heterocycles. The summed E-state index contributed by atoms with van der Waals surface area (Å²) < 4.78 is 11.3. The van der Waals surface area contributed by atoms with Crippen LogP contribution in [0, 0.1) is 17.8 Å². The van der Waals surface area contributed by atoms with Crippen molar-refractivity contribution in [2.24, 2.45) is 5.92 Å². The zero-order valence-electron chi connectivity index (χ0n) is 20.1. The Bertz CT molecular complexity index is 748. The van der Waals surface area contributed by atoms with E-state index in [0.717, 1.165) is 24.4 Å². The monoisotopic (exact) mass is 495 g/mol. The van der Waals surface area contributed by atoms with E-state index in [4.69, 9.17) is 9.47 Å². The average Bonchev–Trinajstić information content (AvgIpc) is 2.81. The van der Waals surface area contributed by atoms with Crippen LogP contribution in [-0.2, 0) is 14.3 Å². The van der Waals surface area contributed by atoms with Crippen LogP contribution in [0.4, 0.5) is 0 Å². The molecule has 0 aromatic heterocycles. The van der Waals surface area contributed by atoms with Gasteiger partial charge < -0.3 is 25.4 Å². The van der Waals surface area contributed by atoms with Crippen molar-refractivity contribution in [1.29, 1.82) is 0 Å². The van der Waals surface area contributed by atoms with E-state index in [-0.39, 0.29) is 23.9 Å². The van der Waals surface area contributed by atoms with Gasteiger partial charge in [0, 0.05) is 30.0 Å². The van der Waals surface area contributed by atoms with Crippen LogP contribution in [0.5, 0.6) is 0 Å². The van der Waals surface area contributed by atoms with Crippen LogP contribution in [0.3, 0.4) is 0 Å². The third kappa shape index (κ3) is 14.2. The second-order valence-electron chi connectivity index (χ2n) is 7.33. The van der Waals surface area contributed by atoms with E-state index in [2.05, 4.69) is 41.6 Å². The molecule has 0 saturated carbocycles. The molecular weight excluding hydrogens is 458 g/mol. The fourth-order valence-corrected chi connectivity index (χ4v) is 5.02. The van der Waals surface area contributed by atoms with Gasteiger partial charge in [-0.15, -0.1) is 5.92 Å². The Hall–Kier alpha value is -1.70. The minimum atomic E-state index is -0.180. The largest absolute Gasteiger partial charge is 0.369 e. The lowest BCUT2D eigenvalue weighted by Crippen LogP contribution is -2.31. The lowest BCUT2D eigenvalue weighted by molar-refractivity contribution is -0.126. The van der Waals surface area contributed by atoms with E-state index in [1.54, 1.807) is 21.6 Å². The standard InChI is InChI=1S/C24H37N3O4S2/c1-5-7-8-13-26-22(28)18-30-16-17-31-24(19(3)4)33-32-21-11-9-20(10-12-21)23(29)27-15-14-25-6-2/h9-12,19,24-25H,5-6,13-18H2,1-4H3,(H,26,28)(H,27,29). The minimum Gasteiger partial charge on any atom is -0.369 e. The number of hydrogen-bond acceptors (Lipinski definition) is 7. The Morgan fingerprint density at radius 1 is 1.03 bits per heavy atom. The van der Waals surface area contributed by atoms with Crippen molar-refractivity contribution < 1.29 is 19.1 Å². The molecule has 33 heavy (non-hydrogen) atoms. The number of carbonyl (C=O) groups excluding carboxylic acids is 2. The van der Waals surface area contributed by atoms with Crippen LogP contribution in [0.2, 0.25) is 0 Å². The Morgan fingerprint density at radius 3 is 2.45 bits per heavy atom. The predicted octanol–water partition coefficient (Wildman–Crippen LogP) is 3.31. The summed E-state index contributed by atoms with van der Waals surface area (Å²) in [6, 6.07) is 7.56. The highest BCUT2D eigenvalue weighted by Gasteiger charge is 2.16. The number of hydrogen-bond donors (Lipinski definition) is 3. The summed E-state index contributed by atoms with van der Waals surface area (Å²) in [5.74, 6) is 5.81. The van der Waals surface area contributed by atoms with E-state index < -0.39 is 0 Å². The first-order valence-electron chi connectivity index (χ1n) is 11.3. The zero-order chi connectivity index (χ0) is 24.3. The Balaban J connectivity index is 2.30. The van der Waals surface area contributed by atoms with Crippen LogP contribution < -0.4 is 16.0 Å². The zero-order valence-corrected chi connectivity index (χ0v) is 21.7. The highest BCUT2D eigenvalue weighted by Crippen LogP contribution is 2.37. The molecule has 9 heteroatoms. The van der Waals surface area contributed by atoms with Crippen LogP contribution in [-0.4, -0.2) is 63.3 Å². The van der Waals surface area contributed by atoms with E-state index in [1.807, 2.05) is 38.1 Å². The van der Waals surface area contributed by atoms with Gasteiger partial charge in [-0.1, -0.05) is 55.2 Å². The minimum absolute atomic E-state index is 0.000442. The summed E-state index contributed by atoms with van der Waals surface area (Å²) in [5.41, 5.74) is 0.627. The Morgan fingerprint density at radius 2 is 1.79 bits per heavy atom. The van der Waals surface area contributed by atoms with Gasteiger partial charge in [-0.25, -0.2) is 0 Å². The fraction of sp³-hybridized carbons (Fsp3) is 0.583. The molecule has 7 nitrogen and oxygen atoms in total. The van der Waals surface area contributed by atoms with Gasteiger partial charge in [0.05, 0.1) is 19.8 Å². The van der Waals surface area contributed by atoms with Gasteiger partial charge in [-0.3, -0.25) is 9.59 Å². The van der Waals surface area contributed by atoms with E-state index in [0.29, 0.717) is 37.8 Å². The first-order chi connectivity index (χ1) is 16.0. The molecule has 0 aliphatic carbocycles. The Labute approximate surface area is 206 Å². The molecule has 0 aliphatic rings. The van der Waals surface area contributed by atoms with Crippen molar-refractivity contribution in [1.82, 2.24) is 16.0 Å². The van der Waals surface area contributed by atoms with Gasteiger partial charge in [0.25, 0.3) is 5.91 Å². The molecular formula is C24H37N3O4S2. The quantitative estimate of drug-likeness (QED) is 0.140. The molecule has 0 fully saturated rings. The number of nitrogens with one attached hydrogen (secondary N) is 3. The molecule has 1 unspecified atom stereocenters. The SMILES string of the molecule is CCC#CCNC(=O)COCCOC(SSc1ccc(C(=O)NCCNCC)cc1)C(C)C. The van der Waals surface area contributed by atoms with Crippen molar-refractivity contribution in [3.05, 3.63) is 29.8 Å². The number of ether oxygens (including phenoxy) is 2. The third-order valence-corrected chi connectivity index (χ3v) is 7.02. The second-order valence-corrected chi connectivity index (χ2v) is 9.71. The van der Waals surface area contributed by atoms with Gasteiger partial charge >= 0.3 is 0 Å². The maximum Gasteiger partial charge on any atom is 0.251 e. The van der Waals surface area contributed by atoms with Crippen LogP contribution in [0.25, 0.3) is 0 Å². The van der Waals surface area contributed by atoms with Crippen LogP contribution >= 0.6 is 21.6 Å². The summed E-state index contributed by atoms with van der Waals surface area (Å²) >= 11 is 0. The molecule has 2 amide bonds. The average molecular weight is 496 g/mol. The third-order valence-electron chi connectivity index (χ3n) is 4.16. The number of carbonyl (C=O) groups is 2. The van der Waals surface area contributed by atoms with Crippen LogP contribution in [0.15, 0.2) is 29.2 Å². The van der Waals surface area contributed by atoms with Crippen molar-refractivity contribution in [3.8, 4) is 11.8 Å². The molecule has 0 saturated heterocycles. The first-order valence-corrected chi connectivity index (χ1v) is 13.5. The number of rotatable bonds is 16. The van der Waals surface area contributed by atoms with Crippen molar-refractivity contribution in [3.63, 3.8) is 0 Å². The summed E-state index contributed by atoms with van der Waals surface area (Å²) in [7, 11) is 3.25. The summed E-state index contributed by atoms with van der Waals surface area (Å²) in [6.45, 7) is 11.6.